The van der Waals surface area contributed by atoms with Crippen LogP contribution < -0.4 is 0 Å². The second-order valence-corrected chi connectivity index (χ2v) is 28.5. The Hall–Kier alpha value is -3.44. The van der Waals surface area contributed by atoms with E-state index in [1.165, 1.54) is 315 Å². The van der Waals surface area contributed by atoms with Crippen LogP contribution in [-0.4, -0.2) is 36.4 Å². The molecule has 5 heteroatoms. The van der Waals surface area contributed by atoms with Crippen LogP contribution in [0.5, 0.6) is 0 Å². The summed E-state index contributed by atoms with van der Waals surface area (Å²) in [6.07, 6.45) is 125. The third-order valence-corrected chi connectivity index (χ3v) is 19.1. The lowest BCUT2D eigenvalue weighted by atomic mass is 10.0. The van der Waals surface area contributed by atoms with Crippen molar-refractivity contribution in [3.63, 3.8) is 0 Å². The first-order valence-electron chi connectivity index (χ1n) is 42.4. The minimum Gasteiger partial charge on any atom is -0.462 e. The summed E-state index contributed by atoms with van der Waals surface area (Å²) in [6.45, 7) is 3.97. The third kappa shape index (κ3) is 83.0. The average Bonchev–Trinajstić information content (AvgIpc) is 3.79. The zero-order valence-electron chi connectivity index (χ0n) is 64.1. The Kier molecular flexibility index (Phi) is 82.7. The lowest BCUT2D eigenvalue weighted by Crippen LogP contribution is -2.28. The van der Waals surface area contributed by atoms with Crippen molar-refractivity contribution in [2.24, 2.45) is 0 Å². The van der Waals surface area contributed by atoms with Crippen LogP contribution in [0.25, 0.3) is 0 Å². The highest BCUT2D eigenvalue weighted by Gasteiger charge is 2.16. The molecule has 0 saturated carbocycles. The van der Waals surface area contributed by atoms with Crippen molar-refractivity contribution >= 4 is 11.9 Å². The molecule has 0 spiro atoms. The Balaban J connectivity index is 3.37. The molecule has 0 radical (unpaired) electrons. The van der Waals surface area contributed by atoms with Gasteiger partial charge in [0, 0.05) is 12.8 Å². The van der Waals surface area contributed by atoms with E-state index in [1.807, 2.05) is 0 Å². The van der Waals surface area contributed by atoms with Gasteiger partial charge in [-0.05, 0) is 96.3 Å². The highest BCUT2D eigenvalue weighted by atomic mass is 16.6. The molecule has 0 aliphatic carbocycles. The first kappa shape index (κ1) is 92.6. The van der Waals surface area contributed by atoms with Crippen LogP contribution in [0.1, 0.15) is 438 Å². The maximum absolute atomic E-state index is 12.4. The number of hydrogen-bond donors (Lipinski definition) is 1. The molecule has 1 N–H and O–H groups in total. The zero-order chi connectivity index (χ0) is 69.0. The smallest absolute Gasteiger partial charge is 0.306 e. The molecule has 0 aromatic carbocycles. The zero-order valence-corrected chi connectivity index (χ0v) is 64.1. The molecular formula is C91H162O5. The van der Waals surface area contributed by atoms with Gasteiger partial charge in [-0.25, -0.2) is 0 Å². The van der Waals surface area contributed by atoms with Gasteiger partial charge < -0.3 is 14.6 Å². The van der Waals surface area contributed by atoms with Crippen LogP contribution in [0.2, 0.25) is 0 Å². The fourth-order valence-corrected chi connectivity index (χ4v) is 12.8. The number of esters is 2. The molecule has 0 aromatic heterocycles. The van der Waals surface area contributed by atoms with Crippen molar-refractivity contribution in [1.29, 1.82) is 0 Å². The minimum absolute atomic E-state index is 0.0611. The van der Waals surface area contributed by atoms with Crippen molar-refractivity contribution in [2.45, 2.75) is 444 Å². The summed E-state index contributed by atoms with van der Waals surface area (Å²) >= 11 is 0. The highest BCUT2D eigenvalue weighted by molar-refractivity contribution is 5.70. The standard InChI is InChI=1S/C91H162O5/c1-3-5-7-9-11-13-15-17-19-21-23-25-27-29-31-33-35-37-39-41-43-45-47-49-51-53-55-57-59-61-63-65-67-69-71-73-75-77-79-81-83-85-90(93)95-88-89(87-92)96-91(94)86-84-82-80-78-76-74-72-70-68-66-64-62-60-58-56-54-52-50-48-46-44-42-40-38-36-34-32-30-28-26-24-22-20-18-16-14-12-10-8-6-4-2/h5-8,11-14,17-20,23-26,30,32,89,92H,3-4,9-10,15-16,21-22,27-29,31,33-88H2,1-2H3/b7-5-,8-6-,13-11-,14-12-,19-17-,20-18-,25-23-,26-24-,32-30-. The second-order valence-electron chi connectivity index (χ2n) is 28.5. The van der Waals surface area contributed by atoms with E-state index in [2.05, 4.69) is 123 Å². The van der Waals surface area contributed by atoms with E-state index in [0.29, 0.717) is 12.8 Å². The number of hydrogen-bond acceptors (Lipinski definition) is 5. The van der Waals surface area contributed by atoms with E-state index in [4.69, 9.17) is 9.47 Å². The van der Waals surface area contributed by atoms with Crippen molar-refractivity contribution in [2.75, 3.05) is 13.2 Å². The molecule has 1 unspecified atom stereocenters. The van der Waals surface area contributed by atoms with Gasteiger partial charge in [0.15, 0.2) is 6.10 Å². The predicted octanol–water partition coefficient (Wildman–Crippen LogP) is 30.2. The van der Waals surface area contributed by atoms with E-state index < -0.39 is 6.10 Å². The molecule has 0 aliphatic rings. The molecule has 0 aromatic rings. The minimum atomic E-state index is -0.773. The van der Waals surface area contributed by atoms with Crippen LogP contribution in [-0.2, 0) is 19.1 Å². The Labute approximate surface area is 599 Å². The number of allylic oxidation sites excluding steroid dienone is 18. The SMILES string of the molecule is CC/C=C\C/C=C\C/C=C\C/C=C\C/C=C\CCCCCCCCCCCCCCCCCCCCCCCCCCCC(=O)OC(CO)COC(=O)CCCCCCCCCCCCCCCCCCCCCCCCCCCCCC/C=C\C/C=C\C/C=C\C/C=C\CC. The van der Waals surface area contributed by atoms with Crippen LogP contribution in [0.3, 0.4) is 0 Å². The Bertz CT molecular complexity index is 1810. The summed E-state index contributed by atoms with van der Waals surface area (Å²) in [5.41, 5.74) is 0. The van der Waals surface area contributed by atoms with Gasteiger partial charge in [0.1, 0.15) is 6.61 Å². The highest BCUT2D eigenvalue weighted by Crippen LogP contribution is 2.20. The molecule has 0 rings (SSSR count). The Morgan fingerprint density at radius 3 is 0.625 bits per heavy atom. The molecule has 5 nitrogen and oxygen atoms in total. The lowest BCUT2D eigenvalue weighted by Gasteiger charge is -2.15. The number of aliphatic hydroxyl groups is 1. The molecule has 0 bridgehead atoms. The summed E-state index contributed by atoms with van der Waals surface area (Å²) in [4.78, 5) is 24.8. The fraction of sp³-hybridized carbons (Fsp3) is 0.780. The molecule has 556 valence electrons. The molecule has 0 amide bonds. The van der Waals surface area contributed by atoms with Gasteiger partial charge in [-0.1, -0.05) is 438 Å². The van der Waals surface area contributed by atoms with Gasteiger partial charge in [0.2, 0.25) is 0 Å². The number of aliphatic hydroxyl groups excluding tert-OH is 1. The molecule has 0 fully saturated rings. The summed E-state index contributed by atoms with van der Waals surface area (Å²) in [5, 5.41) is 9.74. The molecule has 0 heterocycles. The van der Waals surface area contributed by atoms with Crippen LogP contribution in [0.15, 0.2) is 109 Å². The fourth-order valence-electron chi connectivity index (χ4n) is 12.8. The van der Waals surface area contributed by atoms with Crippen molar-refractivity contribution in [3.05, 3.63) is 109 Å². The number of carbonyl (C=O) groups excluding carboxylic acids is 2. The predicted molar refractivity (Wildman–Crippen MR) is 426 cm³/mol. The molecular weight excluding hydrogens is 1170 g/mol. The van der Waals surface area contributed by atoms with Gasteiger partial charge in [-0.2, -0.15) is 0 Å². The third-order valence-electron chi connectivity index (χ3n) is 19.1. The average molecular weight is 1340 g/mol. The Morgan fingerprint density at radius 2 is 0.417 bits per heavy atom. The summed E-state index contributed by atoms with van der Waals surface area (Å²) < 4.78 is 10.8. The first-order valence-corrected chi connectivity index (χ1v) is 42.4. The van der Waals surface area contributed by atoms with Crippen molar-refractivity contribution in [3.8, 4) is 0 Å². The van der Waals surface area contributed by atoms with E-state index in [1.54, 1.807) is 0 Å². The van der Waals surface area contributed by atoms with E-state index in [0.717, 1.165) is 96.3 Å². The van der Waals surface area contributed by atoms with Crippen LogP contribution >= 0.6 is 0 Å². The number of rotatable bonds is 79. The maximum Gasteiger partial charge on any atom is 0.306 e. The van der Waals surface area contributed by atoms with Gasteiger partial charge in [-0.3, -0.25) is 9.59 Å². The van der Waals surface area contributed by atoms with Crippen molar-refractivity contribution < 1.29 is 24.2 Å². The maximum atomic E-state index is 12.4. The normalized spacial score (nSPS) is 12.7. The summed E-state index contributed by atoms with van der Waals surface area (Å²) in [6, 6.07) is 0. The van der Waals surface area contributed by atoms with Gasteiger partial charge >= 0.3 is 11.9 Å². The Morgan fingerprint density at radius 1 is 0.240 bits per heavy atom. The van der Waals surface area contributed by atoms with Crippen LogP contribution in [0.4, 0.5) is 0 Å². The topological polar surface area (TPSA) is 72.8 Å². The quantitative estimate of drug-likeness (QED) is 0.0373. The van der Waals surface area contributed by atoms with Gasteiger partial charge in [0.25, 0.3) is 0 Å². The summed E-state index contributed by atoms with van der Waals surface area (Å²) in [5.74, 6) is -0.566. The number of carbonyl (C=O) groups is 2. The second kappa shape index (κ2) is 85.8. The van der Waals surface area contributed by atoms with Gasteiger partial charge in [0.05, 0.1) is 6.61 Å². The monoisotopic (exact) mass is 1340 g/mol. The van der Waals surface area contributed by atoms with Gasteiger partial charge in [-0.15, -0.1) is 0 Å². The van der Waals surface area contributed by atoms with Crippen molar-refractivity contribution in [1.82, 2.24) is 0 Å². The number of unbranched alkanes of at least 4 members (excludes halogenated alkanes) is 53. The molecule has 0 aliphatic heterocycles. The number of ether oxygens (including phenoxy) is 2. The van der Waals surface area contributed by atoms with E-state index in [9.17, 15) is 14.7 Å². The summed E-state index contributed by atoms with van der Waals surface area (Å²) in [7, 11) is 0. The van der Waals surface area contributed by atoms with E-state index in [-0.39, 0.29) is 25.2 Å². The van der Waals surface area contributed by atoms with Crippen LogP contribution in [0, 0.1) is 0 Å². The molecule has 0 saturated heterocycles. The first-order chi connectivity index (χ1) is 47.6. The molecule has 1 atom stereocenters. The largest absolute Gasteiger partial charge is 0.462 e. The molecule has 96 heavy (non-hydrogen) atoms. The van der Waals surface area contributed by atoms with E-state index >= 15 is 0 Å². The lowest BCUT2D eigenvalue weighted by molar-refractivity contribution is -0.161.